The maximum atomic E-state index is 12.7. The molecule has 4 rings (SSSR count). The summed E-state index contributed by atoms with van der Waals surface area (Å²) in [6.07, 6.45) is 2.07. The molecule has 1 aromatic heterocycles. The van der Waals surface area contributed by atoms with E-state index < -0.39 is 0 Å². The van der Waals surface area contributed by atoms with Gasteiger partial charge in [0.05, 0.1) is 0 Å². The minimum absolute atomic E-state index is 0.0869. The molecular formula is C19H22N4O2S. The van der Waals surface area contributed by atoms with Crippen LogP contribution in [0.3, 0.4) is 0 Å². The molecule has 2 aliphatic rings. The number of nitrogens with zero attached hydrogens (tertiary/aromatic N) is 3. The average molecular weight is 370 g/mol. The van der Waals surface area contributed by atoms with E-state index in [0.717, 1.165) is 25.9 Å². The van der Waals surface area contributed by atoms with E-state index in [0.29, 0.717) is 29.8 Å². The van der Waals surface area contributed by atoms with Gasteiger partial charge >= 0.3 is 0 Å². The third kappa shape index (κ3) is 3.58. The predicted molar refractivity (Wildman–Crippen MR) is 102 cm³/mol. The van der Waals surface area contributed by atoms with Crippen LogP contribution in [0.5, 0.6) is 0 Å². The van der Waals surface area contributed by atoms with Crippen molar-refractivity contribution >= 4 is 28.8 Å². The Labute approximate surface area is 156 Å². The molecule has 0 radical (unpaired) electrons. The van der Waals surface area contributed by atoms with Gasteiger partial charge in [-0.15, -0.1) is 11.3 Å². The van der Waals surface area contributed by atoms with Crippen molar-refractivity contribution in [3.8, 4) is 0 Å². The SMILES string of the molecule is Cc1ccccc1N1CCN(C(=O)c2csc(C(=O)NC3CC3)n2)CC1. The Morgan fingerprint density at radius 1 is 1.15 bits per heavy atom. The number of rotatable bonds is 4. The fourth-order valence-electron chi connectivity index (χ4n) is 3.18. The summed E-state index contributed by atoms with van der Waals surface area (Å²) in [6.45, 7) is 5.03. The van der Waals surface area contributed by atoms with Gasteiger partial charge in [-0.05, 0) is 31.4 Å². The summed E-state index contributed by atoms with van der Waals surface area (Å²) in [4.78, 5) is 33.1. The number of carbonyl (C=O) groups is 2. The molecule has 0 unspecified atom stereocenters. The van der Waals surface area contributed by atoms with E-state index in [1.54, 1.807) is 5.38 Å². The quantitative estimate of drug-likeness (QED) is 0.897. The number of aryl methyl sites for hydroxylation is 1. The number of hydrogen-bond donors (Lipinski definition) is 1. The Bertz CT molecular complexity index is 822. The summed E-state index contributed by atoms with van der Waals surface area (Å²) in [5.41, 5.74) is 2.85. The van der Waals surface area contributed by atoms with E-state index in [-0.39, 0.29) is 11.8 Å². The molecule has 1 N–H and O–H groups in total. The van der Waals surface area contributed by atoms with Crippen LogP contribution in [0.15, 0.2) is 29.6 Å². The van der Waals surface area contributed by atoms with E-state index >= 15 is 0 Å². The molecule has 1 aliphatic carbocycles. The van der Waals surface area contributed by atoms with Gasteiger partial charge in [0.25, 0.3) is 11.8 Å². The first-order valence-electron chi connectivity index (χ1n) is 8.98. The number of hydrogen-bond acceptors (Lipinski definition) is 5. The van der Waals surface area contributed by atoms with Crippen molar-refractivity contribution in [1.29, 1.82) is 0 Å². The fraction of sp³-hybridized carbons (Fsp3) is 0.421. The molecule has 1 saturated heterocycles. The average Bonchev–Trinajstić information content (AvgIpc) is 3.33. The number of piperazine rings is 1. The minimum atomic E-state index is -0.166. The van der Waals surface area contributed by atoms with Crippen molar-refractivity contribution < 1.29 is 9.59 Å². The molecule has 2 heterocycles. The molecule has 0 bridgehead atoms. The van der Waals surface area contributed by atoms with Gasteiger partial charge < -0.3 is 15.1 Å². The molecule has 2 aromatic rings. The van der Waals surface area contributed by atoms with Crippen LogP contribution in [-0.4, -0.2) is 53.9 Å². The highest BCUT2D eigenvalue weighted by molar-refractivity contribution is 7.11. The summed E-state index contributed by atoms with van der Waals surface area (Å²) in [7, 11) is 0. The number of carbonyl (C=O) groups excluding carboxylic acids is 2. The summed E-state index contributed by atoms with van der Waals surface area (Å²) < 4.78 is 0. The first-order valence-corrected chi connectivity index (χ1v) is 9.86. The summed E-state index contributed by atoms with van der Waals surface area (Å²) >= 11 is 1.24. The van der Waals surface area contributed by atoms with Crippen LogP contribution < -0.4 is 10.2 Å². The second kappa shape index (κ2) is 7.07. The Morgan fingerprint density at radius 2 is 1.88 bits per heavy atom. The maximum Gasteiger partial charge on any atom is 0.280 e. The van der Waals surface area contributed by atoms with Gasteiger partial charge in [-0.1, -0.05) is 18.2 Å². The molecule has 1 aliphatic heterocycles. The number of anilines is 1. The van der Waals surface area contributed by atoms with Crippen LogP contribution in [0.4, 0.5) is 5.69 Å². The Hall–Kier alpha value is -2.41. The topological polar surface area (TPSA) is 65.5 Å². The lowest BCUT2D eigenvalue weighted by Gasteiger charge is -2.36. The number of aromatic nitrogens is 1. The molecule has 2 amide bonds. The molecule has 136 valence electrons. The summed E-state index contributed by atoms with van der Waals surface area (Å²) in [5.74, 6) is -0.253. The Kier molecular flexibility index (Phi) is 4.63. The van der Waals surface area contributed by atoms with Gasteiger partial charge in [-0.3, -0.25) is 9.59 Å². The first kappa shape index (κ1) is 17.0. The third-order valence-corrected chi connectivity index (χ3v) is 5.69. The predicted octanol–water partition coefficient (Wildman–Crippen LogP) is 2.31. The van der Waals surface area contributed by atoms with E-state index in [4.69, 9.17) is 0 Å². The fourth-order valence-corrected chi connectivity index (χ4v) is 3.88. The van der Waals surface area contributed by atoms with E-state index in [9.17, 15) is 9.59 Å². The zero-order valence-electron chi connectivity index (χ0n) is 14.8. The third-order valence-electron chi connectivity index (χ3n) is 4.85. The molecule has 26 heavy (non-hydrogen) atoms. The van der Waals surface area contributed by atoms with Gasteiger partial charge in [0.15, 0.2) is 5.01 Å². The second-order valence-electron chi connectivity index (χ2n) is 6.85. The summed E-state index contributed by atoms with van der Waals surface area (Å²) in [5, 5.41) is 4.97. The van der Waals surface area contributed by atoms with E-state index in [1.165, 1.54) is 22.6 Å². The monoisotopic (exact) mass is 370 g/mol. The lowest BCUT2D eigenvalue weighted by Crippen LogP contribution is -2.49. The van der Waals surface area contributed by atoms with Crippen LogP contribution in [0.2, 0.25) is 0 Å². The summed E-state index contributed by atoms with van der Waals surface area (Å²) in [6, 6.07) is 8.61. The Morgan fingerprint density at radius 3 is 2.58 bits per heavy atom. The normalized spacial score (nSPS) is 17.3. The van der Waals surface area contributed by atoms with Crippen LogP contribution >= 0.6 is 11.3 Å². The number of amides is 2. The highest BCUT2D eigenvalue weighted by Crippen LogP contribution is 2.22. The zero-order valence-corrected chi connectivity index (χ0v) is 15.6. The number of para-hydroxylation sites is 1. The van der Waals surface area contributed by atoms with Crippen molar-refractivity contribution in [3.63, 3.8) is 0 Å². The van der Waals surface area contributed by atoms with Crippen LogP contribution in [0, 0.1) is 6.92 Å². The van der Waals surface area contributed by atoms with Crippen molar-refractivity contribution in [2.45, 2.75) is 25.8 Å². The lowest BCUT2D eigenvalue weighted by molar-refractivity contribution is 0.0741. The largest absolute Gasteiger partial charge is 0.368 e. The molecule has 0 atom stereocenters. The molecule has 1 saturated carbocycles. The highest BCUT2D eigenvalue weighted by atomic mass is 32.1. The van der Waals surface area contributed by atoms with Crippen molar-refractivity contribution in [2.75, 3.05) is 31.1 Å². The minimum Gasteiger partial charge on any atom is -0.368 e. The molecule has 1 aromatic carbocycles. The van der Waals surface area contributed by atoms with Gasteiger partial charge in [0.2, 0.25) is 0 Å². The second-order valence-corrected chi connectivity index (χ2v) is 7.71. The van der Waals surface area contributed by atoms with Gasteiger partial charge in [0, 0.05) is 43.3 Å². The number of thiazole rings is 1. The maximum absolute atomic E-state index is 12.7. The lowest BCUT2D eigenvalue weighted by atomic mass is 10.1. The number of benzene rings is 1. The van der Waals surface area contributed by atoms with E-state index in [1.807, 2.05) is 17.0 Å². The van der Waals surface area contributed by atoms with E-state index in [2.05, 4.69) is 34.3 Å². The standard InChI is InChI=1S/C19H22N4O2S/c1-13-4-2-3-5-16(13)22-8-10-23(11-9-22)19(25)15-12-26-18(21-15)17(24)20-14-6-7-14/h2-5,12,14H,6-11H2,1H3,(H,20,24). The zero-order chi connectivity index (χ0) is 18.1. The molecule has 6 nitrogen and oxygen atoms in total. The van der Waals surface area contributed by atoms with Crippen LogP contribution in [0.25, 0.3) is 0 Å². The van der Waals surface area contributed by atoms with Crippen molar-refractivity contribution in [1.82, 2.24) is 15.2 Å². The van der Waals surface area contributed by atoms with Gasteiger partial charge in [0.1, 0.15) is 5.69 Å². The van der Waals surface area contributed by atoms with Gasteiger partial charge in [-0.2, -0.15) is 0 Å². The Balaban J connectivity index is 1.37. The number of nitrogens with one attached hydrogen (secondary N) is 1. The van der Waals surface area contributed by atoms with Crippen molar-refractivity contribution in [3.05, 3.63) is 45.9 Å². The van der Waals surface area contributed by atoms with Gasteiger partial charge in [-0.25, -0.2) is 4.98 Å². The smallest absolute Gasteiger partial charge is 0.280 e. The molecule has 2 fully saturated rings. The molecule has 7 heteroatoms. The van der Waals surface area contributed by atoms with Crippen LogP contribution in [-0.2, 0) is 0 Å². The van der Waals surface area contributed by atoms with Crippen molar-refractivity contribution in [2.24, 2.45) is 0 Å². The molecular weight excluding hydrogens is 348 g/mol. The first-order chi connectivity index (χ1) is 12.6. The highest BCUT2D eigenvalue weighted by Gasteiger charge is 2.27. The van der Waals surface area contributed by atoms with Crippen LogP contribution in [0.1, 0.15) is 38.7 Å². The molecule has 0 spiro atoms.